The molecule has 1 aliphatic carbocycles. The van der Waals surface area contributed by atoms with Crippen molar-refractivity contribution in [3.05, 3.63) is 21.6 Å². The number of hydrogen-bond donors (Lipinski definition) is 3. The first kappa shape index (κ1) is 24.8. The van der Waals surface area contributed by atoms with Gasteiger partial charge < -0.3 is 20.3 Å². The molecule has 3 N–H and O–H groups in total. The number of alkyl carbamates (subject to hydrolysis) is 1. The Bertz CT molecular complexity index is 933. The number of anilines is 1. The van der Waals surface area contributed by atoms with Crippen molar-refractivity contribution >= 4 is 35.6 Å². The molecule has 0 unspecified atom stereocenters. The summed E-state index contributed by atoms with van der Waals surface area (Å²) in [5.74, 6) is -0.0496. The Morgan fingerprint density at radius 2 is 2.03 bits per heavy atom. The molecule has 182 valence electrons. The molecule has 1 saturated carbocycles. The number of nitrogens with one attached hydrogen (secondary N) is 3. The number of carbonyl (C=O) groups excluding carboxylic acids is 2. The van der Waals surface area contributed by atoms with Crippen LogP contribution in [-0.2, 0) is 4.74 Å². The molecule has 1 atom stereocenters. The van der Waals surface area contributed by atoms with Crippen molar-refractivity contribution < 1.29 is 27.5 Å². The van der Waals surface area contributed by atoms with Crippen molar-refractivity contribution in [1.82, 2.24) is 20.8 Å². The van der Waals surface area contributed by atoms with Gasteiger partial charge in [0.05, 0.1) is 18.4 Å². The van der Waals surface area contributed by atoms with Crippen molar-refractivity contribution in [1.29, 1.82) is 0 Å². The molecule has 1 aliphatic heterocycles. The van der Waals surface area contributed by atoms with Gasteiger partial charge in [0.1, 0.15) is 17.7 Å². The van der Waals surface area contributed by atoms with Crippen molar-refractivity contribution in [2.45, 2.75) is 50.4 Å². The highest BCUT2D eigenvalue weighted by atomic mass is 35.5. The zero-order valence-corrected chi connectivity index (χ0v) is 18.3. The number of aromatic amines is 1. The second kappa shape index (κ2) is 10.9. The molecule has 0 aromatic carbocycles. The summed E-state index contributed by atoms with van der Waals surface area (Å²) in [6, 6.07) is -1.14. The fraction of sp³-hybridized carbons (Fsp3) is 0.632. The number of ether oxygens (including phenoxy) is 1. The molecule has 2 heterocycles. The lowest BCUT2D eigenvalue weighted by molar-refractivity contribution is -0.122. The summed E-state index contributed by atoms with van der Waals surface area (Å²) in [5, 5.41) is 10.5. The molecule has 1 aromatic rings. The lowest BCUT2D eigenvalue weighted by Crippen LogP contribution is -2.40. The van der Waals surface area contributed by atoms with Crippen molar-refractivity contribution in [2.24, 2.45) is 10.9 Å². The monoisotopic (exact) mass is 492 g/mol. The number of nitrogens with zero attached hydrogens (tertiary/aromatic N) is 3. The Hall–Kier alpha value is -2.83. The Morgan fingerprint density at radius 1 is 1.30 bits per heavy atom. The Labute approximate surface area is 191 Å². The lowest BCUT2D eigenvalue weighted by Gasteiger charge is -2.27. The Kier molecular flexibility index (Phi) is 8.16. The minimum atomic E-state index is -4.48. The zero-order chi connectivity index (χ0) is 24.0. The van der Waals surface area contributed by atoms with Gasteiger partial charge in [0, 0.05) is 25.2 Å². The molecule has 33 heavy (non-hydrogen) atoms. The molecule has 0 radical (unpaired) electrons. The summed E-state index contributed by atoms with van der Waals surface area (Å²) in [4.78, 5) is 40.6. The first-order chi connectivity index (χ1) is 15.6. The molecule has 0 bridgehead atoms. The maximum atomic E-state index is 12.3. The van der Waals surface area contributed by atoms with E-state index in [4.69, 9.17) is 16.3 Å². The number of urea groups is 1. The summed E-state index contributed by atoms with van der Waals surface area (Å²) >= 11 is 6.02. The first-order valence-corrected chi connectivity index (χ1v) is 10.8. The lowest BCUT2D eigenvalue weighted by atomic mass is 9.87. The van der Waals surface area contributed by atoms with Crippen LogP contribution in [0.3, 0.4) is 0 Å². The third kappa shape index (κ3) is 7.62. The van der Waals surface area contributed by atoms with Crippen molar-refractivity contribution in [3.8, 4) is 0 Å². The van der Waals surface area contributed by atoms with Gasteiger partial charge in [0.2, 0.25) is 0 Å². The number of alkyl halides is 3. The molecule has 1 saturated heterocycles. The van der Waals surface area contributed by atoms with Gasteiger partial charge in [0.15, 0.2) is 0 Å². The highest BCUT2D eigenvalue weighted by Gasteiger charge is 2.30. The van der Waals surface area contributed by atoms with Crippen LogP contribution in [0.5, 0.6) is 0 Å². The highest BCUT2D eigenvalue weighted by molar-refractivity contribution is 6.33. The number of amides is 3. The molecule has 14 heteroatoms. The van der Waals surface area contributed by atoms with Gasteiger partial charge in [-0.05, 0) is 31.6 Å². The van der Waals surface area contributed by atoms with Crippen LogP contribution in [0.1, 0.15) is 32.1 Å². The summed E-state index contributed by atoms with van der Waals surface area (Å²) in [6.45, 7) is -0.476. The van der Waals surface area contributed by atoms with E-state index in [0.29, 0.717) is 50.9 Å². The van der Waals surface area contributed by atoms with E-state index in [1.165, 1.54) is 12.4 Å². The Balaban J connectivity index is 1.37. The molecular weight excluding hydrogens is 469 g/mol. The largest absolute Gasteiger partial charge is 0.444 e. The quantitative estimate of drug-likeness (QED) is 0.542. The van der Waals surface area contributed by atoms with Crippen molar-refractivity contribution in [3.63, 3.8) is 0 Å². The SMILES string of the molecule is O=C(/N=C/C1CCC(NC(=O)O[C@@H]2CCN(c3cn[nH]c(=O)c3Cl)C2)CC1)NCC(F)(F)F. The van der Waals surface area contributed by atoms with Crippen LogP contribution < -0.4 is 21.1 Å². The smallest absolute Gasteiger partial charge is 0.407 e. The average Bonchev–Trinajstić information content (AvgIpc) is 3.21. The van der Waals surface area contributed by atoms with Crippen LogP contribution >= 0.6 is 11.6 Å². The standard InChI is InChI=1S/C19H24ClF3N6O4/c20-15-14(8-26-28-16(15)30)29-6-5-13(9-29)33-18(32)27-12-3-1-11(2-4-12)7-24-17(31)25-10-19(21,22)23/h7-8,11-13H,1-6,9-10H2,(H,25,31)(H,27,32)(H,28,30)/b24-7+/t11?,12?,13-/m1/s1. The zero-order valence-electron chi connectivity index (χ0n) is 17.5. The average molecular weight is 493 g/mol. The molecule has 2 aliphatic rings. The van der Waals surface area contributed by atoms with Gasteiger partial charge >= 0.3 is 18.3 Å². The topological polar surface area (TPSA) is 129 Å². The van der Waals surface area contributed by atoms with Gasteiger partial charge in [-0.3, -0.25) is 4.79 Å². The molecule has 3 rings (SSSR count). The predicted octanol–water partition coefficient (Wildman–Crippen LogP) is 2.63. The van der Waals surface area contributed by atoms with Gasteiger partial charge in [-0.1, -0.05) is 11.6 Å². The fourth-order valence-corrected chi connectivity index (χ4v) is 4.01. The van der Waals surface area contributed by atoms with Crippen LogP contribution in [0.25, 0.3) is 0 Å². The number of hydrogen-bond acceptors (Lipinski definition) is 6. The van der Waals surface area contributed by atoms with E-state index < -0.39 is 30.4 Å². The number of rotatable bonds is 5. The second-order valence-electron chi connectivity index (χ2n) is 7.97. The van der Waals surface area contributed by atoms with E-state index in [0.717, 1.165) is 0 Å². The van der Waals surface area contributed by atoms with Gasteiger partial charge in [0.25, 0.3) is 5.56 Å². The highest BCUT2D eigenvalue weighted by Crippen LogP contribution is 2.26. The summed E-state index contributed by atoms with van der Waals surface area (Å²) in [5.41, 5.74) is -0.00198. The number of aliphatic imine (C=N–C) groups is 1. The van der Waals surface area contributed by atoms with Crippen LogP contribution in [0, 0.1) is 5.92 Å². The second-order valence-corrected chi connectivity index (χ2v) is 8.35. The van der Waals surface area contributed by atoms with E-state index in [1.54, 1.807) is 5.32 Å². The third-order valence-electron chi connectivity index (χ3n) is 5.47. The number of aromatic nitrogens is 2. The maximum Gasteiger partial charge on any atom is 0.407 e. The molecule has 2 fully saturated rings. The maximum absolute atomic E-state index is 12.3. The summed E-state index contributed by atoms with van der Waals surface area (Å²) in [7, 11) is 0. The third-order valence-corrected chi connectivity index (χ3v) is 5.84. The first-order valence-electron chi connectivity index (χ1n) is 10.4. The van der Waals surface area contributed by atoms with E-state index in [-0.39, 0.29) is 23.1 Å². The molecule has 0 spiro atoms. The van der Waals surface area contributed by atoms with Crippen LogP contribution in [0.4, 0.5) is 28.4 Å². The summed E-state index contributed by atoms with van der Waals surface area (Å²) < 4.78 is 41.7. The summed E-state index contributed by atoms with van der Waals surface area (Å²) in [6.07, 6.45) is 0.525. The van der Waals surface area contributed by atoms with E-state index in [1.807, 2.05) is 4.90 Å². The molecule has 3 amide bonds. The van der Waals surface area contributed by atoms with Crippen LogP contribution in [0.15, 0.2) is 16.0 Å². The predicted molar refractivity (Wildman–Crippen MR) is 114 cm³/mol. The van der Waals surface area contributed by atoms with Gasteiger partial charge in [-0.2, -0.15) is 18.3 Å². The van der Waals surface area contributed by atoms with Gasteiger partial charge in [-0.25, -0.2) is 19.7 Å². The van der Waals surface area contributed by atoms with Crippen molar-refractivity contribution in [2.75, 3.05) is 24.5 Å². The minimum Gasteiger partial charge on any atom is -0.444 e. The molecule has 10 nitrogen and oxygen atoms in total. The number of H-pyrrole nitrogens is 1. The van der Waals surface area contributed by atoms with E-state index in [2.05, 4.69) is 20.5 Å². The van der Waals surface area contributed by atoms with Crippen LogP contribution in [0.2, 0.25) is 5.02 Å². The number of carbonyl (C=O) groups is 2. The number of halogens is 4. The Morgan fingerprint density at radius 3 is 2.73 bits per heavy atom. The normalized spacial score (nSPS) is 23.5. The fourth-order valence-electron chi connectivity index (χ4n) is 3.80. The molecular formula is C19H24ClF3N6O4. The minimum absolute atomic E-state index is 0.0354. The van der Waals surface area contributed by atoms with Crippen LogP contribution in [-0.4, -0.2) is 66.5 Å². The van der Waals surface area contributed by atoms with E-state index in [9.17, 15) is 27.6 Å². The van der Waals surface area contributed by atoms with Gasteiger partial charge in [-0.15, -0.1) is 0 Å². The van der Waals surface area contributed by atoms with E-state index >= 15 is 0 Å². The molecule has 1 aromatic heterocycles.